The highest BCUT2D eigenvalue weighted by Crippen LogP contribution is 2.21. The lowest BCUT2D eigenvalue weighted by atomic mass is 10.2. The monoisotopic (exact) mass is 277 g/mol. The van der Waals surface area contributed by atoms with Crippen molar-refractivity contribution < 1.29 is 4.79 Å². The number of thiophene rings is 1. The van der Waals surface area contributed by atoms with Crippen LogP contribution >= 0.6 is 11.3 Å². The molecule has 0 radical (unpaired) electrons. The van der Waals surface area contributed by atoms with Gasteiger partial charge in [0.05, 0.1) is 19.1 Å². The van der Waals surface area contributed by atoms with E-state index in [9.17, 15) is 4.79 Å². The number of H-pyrrole nitrogens is 1. The molecule has 1 unspecified atom stereocenters. The van der Waals surface area contributed by atoms with Gasteiger partial charge < -0.3 is 9.88 Å². The Hall–Kier alpha value is -1.62. The maximum absolute atomic E-state index is 12.5. The Bertz CT molecular complexity index is 533. The Kier molecular flexibility index (Phi) is 4.37. The van der Waals surface area contributed by atoms with Crippen molar-refractivity contribution in [3.8, 4) is 0 Å². The number of aromatic nitrogens is 2. The average molecular weight is 277 g/mol. The Morgan fingerprint density at radius 2 is 2.37 bits per heavy atom. The number of aromatic amines is 1. The van der Waals surface area contributed by atoms with Crippen molar-refractivity contribution in [3.05, 3.63) is 40.1 Å². The molecular formula is C14H19N3OS. The highest BCUT2D eigenvalue weighted by atomic mass is 32.1. The quantitative estimate of drug-likeness (QED) is 0.912. The van der Waals surface area contributed by atoms with E-state index < -0.39 is 0 Å². The van der Waals surface area contributed by atoms with Crippen LogP contribution in [0, 0.1) is 6.92 Å². The first-order valence-electron chi connectivity index (χ1n) is 6.45. The lowest BCUT2D eigenvalue weighted by Gasteiger charge is -2.28. The van der Waals surface area contributed by atoms with Crippen molar-refractivity contribution in [1.82, 2.24) is 14.9 Å². The summed E-state index contributed by atoms with van der Waals surface area (Å²) in [5.74, 6) is 0.0136. The van der Waals surface area contributed by atoms with Crippen LogP contribution in [0.5, 0.6) is 0 Å². The van der Waals surface area contributed by atoms with Gasteiger partial charge in [0.15, 0.2) is 0 Å². The van der Waals surface area contributed by atoms with Crippen molar-refractivity contribution in [2.75, 3.05) is 0 Å². The molecule has 0 saturated carbocycles. The number of nitrogens with one attached hydrogen (secondary N) is 1. The molecule has 102 valence electrons. The van der Waals surface area contributed by atoms with Gasteiger partial charge in [0.25, 0.3) is 5.91 Å². The fourth-order valence-electron chi connectivity index (χ4n) is 1.90. The van der Waals surface area contributed by atoms with Gasteiger partial charge in [-0.15, -0.1) is 11.3 Å². The van der Waals surface area contributed by atoms with Gasteiger partial charge in [-0.1, -0.05) is 6.92 Å². The zero-order valence-electron chi connectivity index (χ0n) is 11.5. The van der Waals surface area contributed by atoms with E-state index >= 15 is 0 Å². The van der Waals surface area contributed by atoms with Crippen molar-refractivity contribution in [3.63, 3.8) is 0 Å². The first-order valence-corrected chi connectivity index (χ1v) is 7.33. The molecule has 0 fully saturated rings. The van der Waals surface area contributed by atoms with Crippen LogP contribution in [-0.2, 0) is 6.54 Å². The van der Waals surface area contributed by atoms with Gasteiger partial charge in [-0.25, -0.2) is 4.98 Å². The first kappa shape index (κ1) is 13.8. The molecule has 0 aliphatic heterocycles. The molecule has 1 N–H and O–H groups in total. The second-order valence-corrected chi connectivity index (χ2v) is 5.68. The SMILES string of the molecule is CCC(C)N(Cc1sccc1C)C(=O)c1cnc[nH]1. The number of hydrogen-bond donors (Lipinski definition) is 1. The second kappa shape index (κ2) is 6.02. The highest BCUT2D eigenvalue weighted by molar-refractivity contribution is 7.10. The lowest BCUT2D eigenvalue weighted by molar-refractivity contribution is 0.0668. The Labute approximate surface area is 117 Å². The number of nitrogens with zero attached hydrogens (tertiary/aromatic N) is 2. The standard InChI is InChI=1S/C14H19N3OS/c1-4-11(3)17(8-13-10(2)5-6-19-13)14(18)12-7-15-9-16-12/h5-7,9,11H,4,8H2,1-3H3,(H,15,16). The molecule has 2 aromatic heterocycles. The van der Waals surface area contributed by atoms with E-state index in [0.717, 1.165) is 6.42 Å². The van der Waals surface area contributed by atoms with Crippen LogP contribution in [0.4, 0.5) is 0 Å². The Balaban J connectivity index is 2.21. The predicted octanol–water partition coefficient (Wildman–Crippen LogP) is 3.22. The highest BCUT2D eigenvalue weighted by Gasteiger charge is 2.22. The maximum Gasteiger partial charge on any atom is 0.272 e. The summed E-state index contributed by atoms with van der Waals surface area (Å²) in [7, 11) is 0. The number of amides is 1. The van der Waals surface area contributed by atoms with Crippen molar-refractivity contribution in [2.45, 2.75) is 39.8 Å². The van der Waals surface area contributed by atoms with Crippen LogP contribution in [0.15, 0.2) is 24.0 Å². The lowest BCUT2D eigenvalue weighted by Crippen LogP contribution is -2.37. The van der Waals surface area contributed by atoms with E-state index in [1.807, 2.05) is 4.90 Å². The van der Waals surface area contributed by atoms with Gasteiger partial charge in [0, 0.05) is 10.9 Å². The van der Waals surface area contributed by atoms with E-state index in [2.05, 4.69) is 42.2 Å². The molecule has 0 saturated heterocycles. The summed E-state index contributed by atoms with van der Waals surface area (Å²) in [6, 6.07) is 2.30. The molecule has 2 heterocycles. The van der Waals surface area contributed by atoms with Gasteiger partial charge in [0.1, 0.15) is 5.69 Å². The summed E-state index contributed by atoms with van der Waals surface area (Å²) in [6.45, 7) is 6.92. The van der Waals surface area contributed by atoms with Gasteiger partial charge in [-0.2, -0.15) is 0 Å². The summed E-state index contributed by atoms with van der Waals surface area (Å²) < 4.78 is 0. The molecule has 4 nitrogen and oxygen atoms in total. The zero-order chi connectivity index (χ0) is 13.8. The number of carbonyl (C=O) groups excluding carboxylic acids is 1. The third-order valence-electron chi connectivity index (χ3n) is 3.39. The fraction of sp³-hybridized carbons (Fsp3) is 0.429. The second-order valence-electron chi connectivity index (χ2n) is 4.68. The first-order chi connectivity index (χ1) is 9.13. The summed E-state index contributed by atoms with van der Waals surface area (Å²) in [6.07, 6.45) is 4.06. The third-order valence-corrected chi connectivity index (χ3v) is 4.40. The molecular weight excluding hydrogens is 258 g/mol. The number of imidazole rings is 1. The van der Waals surface area contributed by atoms with E-state index in [4.69, 9.17) is 0 Å². The molecule has 2 rings (SSSR count). The van der Waals surface area contributed by atoms with Crippen LogP contribution in [0.1, 0.15) is 41.2 Å². The molecule has 0 aliphatic carbocycles. The molecule has 2 aromatic rings. The minimum Gasteiger partial charge on any atom is -0.341 e. The summed E-state index contributed by atoms with van der Waals surface area (Å²) in [5, 5.41) is 2.07. The fourth-order valence-corrected chi connectivity index (χ4v) is 2.80. The third kappa shape index (κ3) is 3.04. The van der Waals surface area contributed by atoms with Crippen LogP contribution in [0.3, 0.4) is 0 Å². The normalized spacial score (nSPS) is 12.4. The van der Waals surface area contributed by atoms with Gasteiger partial charge >= 0.3 is 0 Å². The molecule has 1 amide bonds. The minimum absolute atomic E-state index is 0.0136. The maximum atomic E-state index is 12.5. The molecule has 5 heteroatoms. The smallest absolute Gasteiger partial charge is 0.272 e. The summed E-state index contributed by atoms with van der Waals surface area (Å²) in [4.78, 5) is 22.5. The van der Waals surface area contributed by atoms with Crippen molar-refractivity contribution in [2.24, 2.45) is 0 Å². The predicted molar refractivity (Wildman–Crippen MR) is 77.3 cm³/mol. The number of aryl methyl sites for hydroxylation is 1. The minimum atomic E-state index is 0.0136. The van der Waals surface area contributed by atoms with Crippen LogP contribution in [0.2, 0.25) is 0 Å². The summed E-state index contributed by atoms with van der Waals surface area (Å²) in [5.41, 5.74) is 1.80. The van der Waals surface area contributed by atoms with Crippen LogP contribution < -0.4 is 0 Å². The van der Waals surface area contributed by atoms with Crippen molar-refractivity contribution in [1.29, 1.82) is 0 Å². The van der Waals surface area contributed by atoms with E-state index in [-0.39, 0.29) is 11.9 Å². The van der Waals surface area contributed by atoms with E-state index in [0.29, 0.717) is 12.2 Å². The molecule has 1 atom stereocenters. The molecule has 0 aromatic carbocycles. The summed E-state index contributed by atoms with van der Waals surface area (Å²) >= 11 is 1.70. The Morgan fingerprint density at radius 3 is 2.89 bits per heavy atom. The number of carbonyl (C=O) groups is 1. The zero-order valence-corrected chi connectivity index (χ0v) is 12.3. The molecule has 0 spiro atoms. The van der Waals surface area contributed by atoms with Crippen molar-refractivity contribution >= 4 is 17.2 Å². The van der Waals surface area contributed by atoms with Gasteiger partial charge in [-0.3, -0.25) is 4.79 Å². The van der Waals surface area contributed by atoms with Gasteiger partial charge in [-0.05, 0) is 37.3 Å². The van der Waals surface area contributed by atoms with Crippen LogP contribution in [-0.4, -0.2) is 26.8 Å². The Morgan fingerprint density at radius 1 is 1.58 bits per heavy atom. The van der Waals surface area contributed by atoms with E-state index in [1.165, 1.54) is 10.4 Å². The van der Waals surface area contributed by atoms with Gasteiger partial charge in [0.2, 0.25) is 0 Å². The molecule has 0 aliphatic rings. The number of rotatable bonds is 5. The average Bonchev–Trinajstić information content (AvgIpc) is 3.06. The molecule has 19 heavy (non-hydrogen) atoms. The van der Waals surface area contributed by atoms with E-state index in [1.54, 1.807) is 23.9 Å². The molecule has 0 bridgehead atoms. The number of hydrogen-bond acceptors (Lipinski definition) is 3. The largest absolute Gasteiger partial charge is 0.341 e. The van der Waals surface area contributed by atoms with Crippen LogP contribution in [0.25, 0.3) is 0 Å². The topological polar surface area (TPSA) is 49.0 Å².